The van der Waals surface area contributed by atoms with Gasteiger partial charge in [-0.05, 0) is 35.7 Å². The van der Waals surface area contributed by atoms with Crippen LogP contribution < -0.4 is 19.1 Å². The molecule has 0 bridgehead atoms. The second-order valence-electron chi connectivity index (χ2n) is 8.46. The Labute approximate surface area is 200 Å². The fourth-order valence-corrected chi connectivity index (χ4v) is 5.22. The van der Waals surface area contributed by atoms with Gasteiger partial charge in [0, 0.05) is 50.0 Å². The molecule has 6 rings (SSSR count). The van der Waals surface area contributed by atoms with Crippen LogP contribution in [-0.4, -0.2) is 67.4 Å². The maximum atomic E-state index is 10.6. The Hall–Kier alpha value is -3.27. The van der Waals surface area contributed by atoms with Gasteiger partial charge in [-0.1, -0.05) is 17.3 Å². The van der Waals surface area contributed by atoms with E-state index in [1.165, 1.54) is 0 Å². The van der Waals surface area contributed by atoms with Crippen molar-refractivity contribution in [1.29, 1.82) is 0 Å². The predicted octanol–water partition coefficient (Wildman–Crippen LogP) is 3.85. The van der Waals surface area contributed by atoms with Gasteiger partial charge in [-0.3, -0.25) is 4.90 Å². The number of benzene rings is 2. The average Bonchev–Trinajstić information content (AvgIpc) is 3.60. The smallest absolute Gasteiger partial charge is 0.231 e. The summed E-state index contributed by atoms with van der Waals surface area (Å²) in [6.07, 6.45) is -0.572. The molecule has 1 N–H and O–H groups in total. The summed E-state index contributed by atoms with van der Waals surface area (Å²) in [7, 11) is 0. The van der Waals surface area contributed by atoms with Crippen LogP contribution in [-0.2, 0) is 0 Å². The SMILES string of the molecule is O[C@@H](COc1cccc(-c2noc3ccsc23)c1)CN1CCN(c2ccc3c(c2)OCO3)CC1. The molecule has 1 saturated heterocycles. The maximum absolute atomic E-state index is 10.6. The molecule has 176 valence electrons. The number of piperazine rings is 1. The van der Waals surface area contributed by atoms with E-state index >= 15 is 0 Å². The van der Waals surface area contributed by atoms with Gasteiger partial charge >= 0.3 is 0 Å². The number of fused-ring (bicyclic) bond motifs is 2. The van der Waals surface area contributed by atoms with Crippen LogP contribution in [0.2, 0.25) is 0 Å². The zero-order chi connectivity index (χ0) is 22.9. The molecule has 9 heteroatoms. The number of rotatable bonds is 7. The third-order valence-electron chi connectivity index (χ3n) is 6.19. The van der Waals surface area contributed by atoms with Crippen LogP contribution in [0.15, 0.2) is 58.4 Å². The lowest BCUT2D eigenvalue weighted by atomic mass is 10.1. The van der Waals surface area contributed by atoms with Crippen LogP contribution >= 0.6 is 11.3 Å². The Bertz CT molecular complexity index is 1280. The second-order valence-corrected chi connectivity index (χ2v) is 9.38. The molecule has 1 atom stereocenters. The number of nitrogens with zero attached hydrogens (tertiary/aromatic N) is 3. The normalized spacial score (nSPS) is 16.8. The number of aliphatic hydroxyl groups excluding tert-OH is 1. The lowest BCUT2D eigenvalue weighted by molar-refractivity contribution is 0.0663. The molecule has 4 aromatic rings. The van der Waals surface area contributed by atoms with E-state index in [4.69, 9.17) is 18.7 Å². The van der Waals surface area contributed by atoms with E-state index in [1.807, 2.05) is 47.8 Å². The highest BCUT2D eigenvalue weighted by Crippen LogP contribution is 2.36. The third kappa shape index (κ3) is 4.29. The second kappa shape index (κ2) is 9.17. The van der Waals surface area contributed by atoms with Gasteiger partial charge in [0.25, 0.3) is 0 Å². The van der Waals surface area contributed by atoms with Crippen molar-refractivity contribution >= 4 is 27.3 Å². The standard InChI is InChI=1S/C25H25N3O5S/c29-19(14-27-7-9-28(10-8-27)18-4-5-21-23(13-18)32-16-31-21)15-30-20-3-1-2-17(12-20)24-25-22(33-26-24)6-11-34-25/h1-6,11-13,19,29H,7-10,14-16H2/t19-/m1/s1. The van der Waals surface area contributed by atoms with Gasteiger partial charge < -0.3 is 28.7 Å². The molecule has 2 aromatic carbocycles. The van der Waals surface area contributed by atoms with Crippen molar-refractivity contribution in [2.75, 3.05) is 51.0 Å². The largest absolute Gasteiger partial charge is 0.491 e. The minimum Gasteiger partial charge on any atom is -0.491 e. The van der Waals surface area contributed by atoms with Crippen LogP contribution in [0.25, 0.3) is 21.5 Å². The van der Waals surface area contributed by atoms with Gasteiger partial charge in [-0.25, -0.2) is 0 Å². The molecule has 0 saturated carbocycles. The van der Waals surface area contributed by atoms with Crippen molar-refractivity contribution in [3.63, 3.8) is 0 Å². The van der Waals surface area contributed by atoms with Crippen molar-refractivity contribution < 1.29 is 23.8 Å². The highest BCUT2D eigenvalue weighted by Gasteiger charge is 2.22. The lowest BCUT2D eigenvalue weighted by Crippen LogP contribution is -2.49. The van der Waals surface area contributed by atoms with Gasteiger partial charge in [0.2, 0.25) is 6.79 Å². The topological polar surface area (TPSA) is 80.4 Å². The van der Waals surface area contributed by atoms with Crippen molar-refractivity contribution in [1.82, 2.24) is 10.1 Å². The van der Waals surface area contributed by atoms with E-state index in [-0.39, 0.29) is 13.4 Å². The monoisotopic (exact) mass is 479 g/mol. The maximum Gasteiger partial charge on any atom is 0.231 e. The highest BCUT2D eigenvalue weighted by molar-refractivity contribution is 7.17. The molecule has 0 unspecified atom stereocenters. The predicted molar refractivity (Wildman–Crippen MR) is 130 cm³/mol. The molecule has 0 spiro atoms. The number of thiophene rings is 1. The zero-order valence-electron chi connectivity index (χ0n) is 18.6. The first-order valence-electron chi connectivity index (χ1n) is 11.3. The first kappa shape index (κ1) is 21.3. The third-order valence-corrected chi connectivity index (χ3v) is 7.09. The molecule has 1 fully saturated rings. The number of aromatic nitrogens is 1. The van der Waals surface area contributed by atoms with E-state index in [9.17, 15) is 5.11 Å². The van der Waals surface area contributed by atoms with Crippen LogP contribution in [0.3, 0.4) is 0 Å². The van der Waals surface area contributed by atoms with Crippen LogP contribution in [0.1, 0.15) is 0 Å². The van der Waals surface area contributed by atoms with Crippen LogP contribution in [0.5, 0.6) is 17.2 Å². The van der Waals surface area contributed by atoms with Crippen LogP contribution in [0.4, 0.5) is 5.69 Å². The molecule has 0 aliphatic carbocycles. The molecule has 2 aliphatic rings. The molecule has 2 aliphatic heterocycles. The molecule has 34 heavy (non-hydrogen) atoms. The summed E-state index contributed by atoms with van der Waals surface area (Å²) in [5.41, 5.74) is 3.68. The Kier molecular flexibility index (Phi) is 5.74. The summed E-state index contributed by atoms with van der Waals surface area (Å²) in [6.45, 7) is 4.64. The van der Waals surface area contributed by atoms with E-state index in [0.29, 0.717) is 12.3 Å². The Morgan fingerprint density at radius 1 is 1.03 bits per heavy atom. The lowest BCUT2D eigenvalue weighted by Gasteiger charge is -2.36. The Morgan fingerprint density at radius 2 is 1.91 bits per heavy atom. The summed E-state index contributed by atoms with van der Waals surface area (Å²) in [4.78, 5) is 4.61. The summed E-state index contributed by atoms with van der Waals surface area (Å²) in [6, 6.07) is 15.7. The van der Waals surface area contributed by atoms with Crippen molar-refractivity contribution in [3.05, 3.63) is 53.9 Å². The molecule has 8 nitrogen and oxygen atoms in total. The fourth-order valence-electron chi connectivity index (χ4n) is 4.41. The van der Waals surface area contributed by atoms with E-state index in [1.54, 1.807) is 11.3 Å². The number of anilines is 1. The van der Waals surface area contributed by atoms with Gasteiger partial charge in [-0.2, -0.15) is 0 Å². The first-order valence-corrected chi connectivity index (χ1v) is 12.2. The molecular formula is C25H25N3O5S. The Morgan fingerprint density at radius 3 is 2.82 bits per heavy atom. The minimum atomic E-state index is -0.572. The average molecular weight is 480 g/mol. The number of hydrogen-bond acceptors (Lipinski definition) is 9. The van der Waals surface area contributed by atoms with Gasteiger partial charge in [-0.15, -0.1) is 11.3 Å². The van der Waals surface area contributed by atoms with Gasteiger partial charge in [0.1, 0.15) is 28.9 Å². The number of β-amino-alcohol motifs (C(OH)–C–C–N with tert-alkyl or cyclic N) is 1. The van der Waals surface area contributed by atoms with E-state index < -0.39 is 6.10 Å². The summed E-state index contributed by atoms with van der Waals surface area (Å²) in [5.74, 6) is 2.31. The molecule has 0 radical (unpaired) electrons. The quantitative estimate of drug-likeness (QED) is 0.428. The molecule has 4 heterocycles. The van der Waals surface area contributed by atoms with Gasteiger partial charge in [0.05, 0.1) is 0 Å². The number of aliphatic hydroxyl groups is 1. The summed E-state index contributed by atoms with van der Waals surface area (Å²) < 4.78 is 23.2. The first-order chi connectivity index (χ1) is 16.7. The molecule has 0 amide bonds. The Balaban J connectivity index is 1.00. The van der Waals surface area contributed by atoms with E-state index in [2.05, 4.69) is 21.0 Å². The molecule has 2 aromatic heterocycles. The van der Waals surface area contributed by atoms with Crippen molar-refractivity contribution in [3.8, 4) is 28.5 Å². The highest BCUT2D eigenvalue weighted by atomic mass is 32.1. The van der Waals surface area contributed by atoms with Gasteiger partial charge in [0.15, 0.2) is 17.1 Å². The van der Waals surface area contributed by atoms with Crippen LogP contribution in [0, 0.1) is 0 Å². The minimum absolute atomic E-state index is 0.235. The summed E-state index contributed by atoms with van der Waals surface area (Å²) in [5, 5.41) is 16.8. The summed E-state index contributed by atoms with van der Waals surface area (Å²) >= 11 is 1.60. The molecular weight excluding hydrogens is 454 g/mol. The zero-order valence-corrected chi connectivity index (χ0v) is 19.4. The van der Waals surface area contributed by atoms with E-state index in [0.717, 1.165) is 64.9 Å². The van der Waals surface area contributed by atoms with Crippen molar-refractivity contribution in [2.24, 2.45) is 0 Å². The fraction of sp³-hybridized carbons (Fsp3) is 0.320. The number of hydrogen-bond donors (Lipinski definition) is 1. The van der Waals surface area contributed by atoms with Crippen molar-refractivity contribution in [2.45, 2.75) is 6.10 Å². The number of ether oxygens (including phenoxy) is 3.